The van der Waals surface area contributed by atoms with E-state index in [2.05, 4.69) is 5.32 Å². The number of alkyl halides is 3. The van der Waals surface area contributed by atoms with E-state index in [1.54, 1.807) is 72.8 Å². The summed E-state index contributed by atoms with van der Waals surface area (Å²) >= 11 is 0. The van der Waals surface area contributed by atoms with E-state index in [0.29, 0.717) is 17.0 Å². The Morgan fingerprint density at radius 3 is 1.80 bits per heavy atom. The highest BCUT2D eigenvalue weighted by Gasteiger charge is 2.40. The van der Waals surface area contributed by atoms with E-state index in [1.165, 1.54) is 0 Å². The number of nitrogens with one attached hydrogen (secondary N) is 1. The normalized spacial score (nSPS) is 11.2. The van der Waals surface area contributed by atoms with Gasteiger partial charge in [-0.2, -0.15) is 13.2 Å². The van der Waals surface area contributed by atoms with Crippen LogP contribution in [-0.4, -0.2) is 23.6 Å². The Balaban J connectivity index is 1.32. The van der Waals surface area contributed by atoms with E-state index in [9.17, 15) is 22.8 Å². The van der Waals surface area contributed by atoms with Crippen LogP contribution in [0.5, 0.6) is 5.75 Å². The highest BCUT2D eigenvalue weighted by molar-refractivity contribution is 6.06. The molecule has 6 nitrogen and oxygen atoms in total. The highest BCUT2D eigenvalue weighted by Crippen LogP contribution is 2.38. The summed E-state index contributed by atoms with van der Waals surface area (Å²) in [7, 11) is 0. The number of carbonyl (C=O) groups excluding carboxylic acids is 1. The molecule has 0 aliphatic heterocycles. The maximum Gasteiger partial charge on any atom is 0.450 e. The first-order valence-electron chi connectivity index (χ1n) is 12.4. The standard InChI is InChI=1S/C32H22F3NO5/c33-32(34,35)30-27(18-28(41-30)24-8-6-21(7-9-24)20-4-2-1-3-5-20)31(39)36-25-14-10-22(11-15-25)23-12-16-26(17-13-23)40-19-29(37)38/h1-18H,19H2,(H,36,39)(H,37,38). The van der Waals surface area contributed by atoms with Gasteiger partial charge in [0.2, 0.25) is 5.76 Å². The summed E-state index contributed by atoms with van der Waals surface area (Å²) in [6.07, 6.45) is -4.88. The Kier molecular flexibility index (Phi) is 7.60. The molecule has 1 heterocycles. The molecule has 0 saturated carbocycles. The summed E-state index contributed by atoms with van der Waals surface area (Å²) in [5, 5.41) is 11.2. The molecular weight excluding hydrogens is 535 g/mol. The third-order valence-corrected chi connectivity index (χ3v) is 6.20. The molecule has 41 heavy (non-hydrogen) atoms. The van der Waals surface area contributed by atoms with E-state index in [0.717, 1.165) is 28.3 Å². The molecule has 206 valence electrons. The number of ether oxygens (including phenoxy) is 1. The average Bonchev–Trinajstić information content (AvgIpc) is 3.44. The summed E-state index contributed by atoms with van der Waals surface area (Å²) in [6, 6.07) is 30.7. The number of hydrogen-bond acceptors (Lipinski definition) is 4. The van der Waals surface area contributed by atoms with E-state index in [1.807, 2.05) is 30.3 Å². The predicted molar refractivity (Wildman–Crippen MR) is 148 cm³/mol. The number of carboxylic acid groups (broad SMARTS) is 1. The monoisotopic (exact) mass is 557 g/mol. The fraction of sp³-hybridized carbons (Fsp3) is 0.0625. The van der Waals surface area contributed by atoms with E-state index in [-0.39, 0.29) is 5.76 Å². The van der Waals surface area contributed by atoms with Gasteiger partial charge in [0.05, 0.1) is 5.56 Å². The van der Waals surface area contributed by atoms with Gasteiger partial charge in [-0.15, -0.1) is 0 Å². The van der Waals surface area contributed by atoms with Gasteiger partial charge in [-0.3, -0.25) is 4.79 Å². The van der Waals surface area contributed by atoms with Gasteiger partial charge in [-0.05, 0) is 52.6 Å². The summed E-state index contributed by atoms with van der Waals surface area (Å²) < 4.78 is 51.7. The molecule has 5 rings (SSSR count). The van der Waals surface area contributed by atoms with Gasteiger partial charge in [-0.1, -0.05) is 78.9 Å². The largest absolute Gasteiger partial charge is 0.482 e. The lowest BCUT2D eigenvalue weighted by molar-refractivity contribution is -0.153. The number of anilines is 1. The van der Waals surface area contributed by atoms with Crippen LogP contribution in [-0.2, 0) is 11.0 Å². The maximum absolute atomic E-state index is 13.8. The van der Waals surface area contributed by atoms with Gasteiger partial charge < -0.3 is 19.6 Å². The first-order valence-corrected chi connectivity index (χ1v) is 12.4. The minimum Gasteiger partial charge on any atom is -0.482 e. The van der Waals surface area contributed by atoms with Crippen molar-refractivity contribution in [3.63, 3.8) is 0 Å². The Hall–Kier alpha value is -5.31. The number of rotatable bonds is 8. The lowest BCUT2D eigenvalue weighted by Crippen LogP contribution is -2.16. The van der Waals surface area contributed by atoms with Crippen molar-refractivity contribution in [3.8, 4) is 39.3 Å². The zero-order valence-corrected chi connectivity index (χ0v) is 21.3. The Bertz CT molecular complexity index is 1660. The van der Waals surface area contributed by atoms with Crippen molar-refractivity contribution in [1.29, 1.82) is 0 Å². The quantitative estimate of drug-likeness (QED) is 0.202. The van der Waals surface area contributed by atoms with Gasteiger partial charge in [0.1, 0.15) is 11.5 Å². The van der Waals surface area contributed by atoms with Crippen molar-refractivity contribution in [2.24, 2.45) is 0 Å². The topological polar surface area (TPSA) is 88.8 Å². The van der Waals surface area contributed by atoms with Crippen LogP contribution in [0.2, 0.25) is 0 Å². The number of halogens is 3. The molecule has 1 amide bonds. The lowest BCUT2D eigenvalue weighted by Gasteiger charge is -2.09. The molecular formula is C32H22F3NO5. The molecule has 0 radical (unpaired) electrons. The number of carbonyl (C=O) groups is 2. The van der Waals surface area contributed by atoms with Crippen LogP contribution in [0.1, 0.15) is 16.1 Å². The Morgan fingerprint density at radius 1 is 0.732 bits per heavy atom. The Morgan fingerprint density at radius 2 is 1.24 bits per heavy atom. The molecule has 0 atom stereocenters. The minimum atomic E-state index is -4.88. The number of carboxylic acids is 1. The van der Waals surface area contributed by atoms with Gasteiger partial charge in [0, 0.05) is 11.3 Å². The molecule has 1 aromatic heterocycles. The zero-order valence-electron chi connectivity index (χ0n) is 21.3. The number of furan rings is 1. The van der Waals surface area contributed by atoms with Gasteiger partial charge in [0.25, 0.3) is 5.91 Å². The van der Waals surface area contributed by atoms with Crippen molar-refractivity contribution in [2.45, 2.75) is 6.18 Å². The summed E-state index contributed by atoms with van der Waals surface area (Å²) in [5.41, 5.74) is 3.49. The molecule has 0 fully saturated rings. The van der Waals surface area contributed by atoms with Crippen LogP contribution in [0.15, 0.2) is 114 Å². The molecule has 2 N–H and O–H groups in total. The van der Waals surface area contributed by atoms with Gasteiger partial charge in [0.15, 0.2) is 6.61 Å². The first kappa shape index (κ1) is 27.3. The van der Waals surface area contributed by atoms with E-state index >= 15 is 0 Å². The van der Waals surface area contributed by atoms with Gasteiger partial charge in [-0.25, -0.2) is 4.79 Å². The molecule has 0 unspecified atom stereocenters. The first-order chi connectivity index (χ1) is 19.7. The second-order valence-electron chi connectivity index (χ2n) is 9.03. The molecule has 0 spiro atoms. The molecule has 9 heteroatoms. The summed E-state index contributed by atoms with van der Waals surface area (Å²) in [5.74, 6) is -3.10. The predicted octanol–water partition coefficient (Wildman–Crippen LogP) is 8.02. The van der Waals surface area contributed by atoms with Crippen LogP contribution < -0.4 is 10.1 Å². The van der Waals surface area contributed by atoms with Gasteiger partial charge >= 0.3 is 12.1 Å². The van der Waals surface area contributed by atoms with Crippen LogP contribution in [0.25, 0.3) is 33.6 Å². The average molecular weight is 558 g/mol. The van der Waals surface area contributed by atoms with E-state index in [4.69, 9.17) is 14.3 Å². The Labute approximate surface area is 232 Å². The van der Waals surface area contributed by atoms with E-state index < -0.39 is 36.0 Å². The van der Waals surface area contributed by atoms with Crippen molar-refractivity contribution in [3.05, 3.63) is 121 Å². The molecule has 0 bridgehead atoms. The van der Waals surface area contributed by atoms with Crippen LogP contribution in [0.4, 0.5) is 18.9 Å². The molecule has 0 saturated heterocycles. The number of aliphatic carboxylic acids is 1. The van der Waals surface area contributed by atoms with Crippen molar-refractivity contribution in [1.82, 2.24) is 0 Å². The summed E-state index contributed by atoms with van der Waals surface area (Å²) in [4.78, 5) is 23.6. The molecule has 0 aliphatic rings. The highest BCUT2D eigenvalue weighted by atomic mass is 19.4. The van der Waals surface area contributed by atoms with Crippen LogP contribution in [0.3, 0.4) is 0 Å². The van der Waals surface area contributed by atoms with Crippen molar-refractivity contribution in [2.75, 3.05) is 11.9 Å². The number of amides is 1. The smallest absolute Gasteiger partial charge is 0.450 e. The fourth-order valence-electron chi connectivity index (χ4n) is 4.20. The zero-order chi connectivity index (χ0) is 29.0. The van der Waals surface area contributed by atoms with Crippen molar-refractivity contribution >= 4 is 17.6 Å². The number of hydrogen-bond donors (Lipinski definition) is 2. The summed E-state index contributed by atoms with van der Waals surface area (Å²) in [6.45, 7) is -0.456. The molecule has 4 aromatic carbocycles. The van der Waals surface area contributed by atoms with Crippen LogP contribution in [0, 0.1) is 0 Å². The minimum absolute atomic E-state index is 0.0757. The second-order valence-corrected chi connectivity index (χ2v) is 9.03. The second kappa shape index (κ2) is 11.4. The fourth-order valence-corrected chi connectivity index (χ4v) is 4.20. The maximum atomic E-state index is 13.8. The third kappa shape index (κ3) is 6.47. The molecule has 0 aliphatic carbocycles. The van der Waals surface area contributed by atoms with Crippen LogP contribution >= 0.6 is 0 Å². The SMILES string of the molecule is O=C(O)COc1ccc(-c2ccc(NC(=O)c3cc(-c4ccc(-c5ccccc5)cc4)oc3C(F)(F)F)cc2)cc1. The molecule has 5 aromatic rings. The lowest BCUT2D eigenvalue weighted by atomic mass is 10.0. The third-order valence-electron chi connectivity index (χ3n) is 6.20. The number of benzene rings is 4. The van der Waals surface area contributed by atoms with Crippen molar-refractivity contribution < 1.29 is 37.0 Å².